The Hall–Kier alpha value is -2.67. The molecule has 2 aromatic rings. The zero-order chi connectivity index (χ0) is 20.1. The van der Waals surface area contributed by atoms with Gasteiger partial charge in [-0.1, -0.05) is 31.5 Å². The molecular formula is C21H31N7. The van der Waals surface area contributed by atoms with Gasteiger partial charge in [-0.3, -0.25) is 5.01 Å². The van der Waals surface area contributed by atoms with Crippen molar-refractivity contribution in [1.29, 1.82) is 0 Å². The Morgan fingerprint density at radius 2 is 1.89 bits per heavy atom. The topological polar surface area (TPSA) is 59.9 Å². The molecule has 0 aliphatic carbocycles. The number of hydrazone groups is 1. The average Bonchev–Trinajstić information content (AvgIpc) is 2.74. The van der Waals surface area contributed by atoms with Crippen molar-refractivity contribution in [2.24, 2.45) is 5.10 Å². The summed E-state index contributed by atoms with van der Waals surface area (Å²) in [5.41, 5.74) is 3.61. The van der Waals surface area contributed by atoms with Crippen LogP contribution < -0.4 is 15.2 Å². The molecule has 0 bridgehead atoms. The van der Waals surface area contributed by atoms with Gasteiger partial charge in [0.15, 0.2) is 5.82 Å². The number of nitrogens with one attached hydrogen (secondary N) is 1. The lowest BCUT2D eigenvalue weighted by Crippen LogP contribution is -2.46. The molecule has 3 rings (SSSR count). The summed E-state index contributed by atoms with van der Waals surface area (Å²) in [6, 6.07) is 8.36. The molecule has 0 radical (unpaired) electrons. The zero-order valence-corrected chi connectivity index (χ0v) is 17.4. The van der Waals surface area contributed by atoms with Crippen molar-refractivity contribution < 1.29 is 0 Å². The lowest BCUT2D eigenvalue weighted by Gasteiger charge is -2.34. The van der Waals surface area contributed by atoms with Crippen molar-refractivity contribution >= 4 is 30.0 Å². The first kappa shape index (κ1) is 20.1. The van der Waals surface area contributed by atoms with E-state index in [1.165, 1.54) is 11.1 Å². The number of benzene rings is 1. The quantitative estimate of drug-likeness (QED) is 0.587. The molecule has 0 atom stereocenters. The Bertz CT molecular complexity index is 812. The molecule has 0 amide bonds. The fraction of sp³-hybridized carbons (Fsp3) is 0.476. The van der Waals surface area contributed by atoms with Crippen LogP contribution in [0.5, 0.6) is 0 Å². The fourth-order valence-electron chi connectivity index (χ4n) is 3.40. The Balaban J connectivity index is 1.91. The summed E-state index contributed by atoms with van der Waals surface area (Å²) in [5.74, 6) is 2.23. The molecule has 1 aromatic carbocycles. The Morgan fingerprint density at radius 3 is 2.54 bits per heavy atom. The largest absolute Gasteiger partial charge is 0.340 e. The molecule has 0 unspecified atom stereocenters. The Morgan fingerprint density at radius 1 is 1.14 bits per heavy atom. The highest BCUT2D eigenvalue weighted by molar-refractivity contribution is 5.65. The normalized spacial score (nSPS) is 14.8. The standard InChI is InChI=1S/C21H31N7/c1-6-17-14-16(3)8-9-18(17)23-19-15-20(26(5)22-4)25-21(24-19)28-12-10-27(7-2)11-13-28/h8-9,14-15H,4,6-7,10-13H2,1-3,5H3,(H,23,24,25). The van der Waals surface area contributed by atoms with Gasteiger partial charge in [-0.05, 0) is 31.5 Å². The SMILES string of the molecule is C=NN(C)c1cc(Nc2ccc(C)cc2CC)nc(N2CCN(CC)CC2)n1. The molecule has 1 aliphatic heterocycles. The summed E-state index contributed by atoms with van der Waals surface area (Å²) in [7, 11) is 1.85. The smallest absolute Gasteiger partial charge is 0.229 e. The van der Waals surface area contributed by atoms with E-state index in [1.807, 2.05) is 13.1 Å². The minimum atomic E-state index is 0.727. The lowest BCUT2D eigenvalue weighted by molar-refractivity contribution is 0.270. The van der Waals surface area contributed by atoms with E-state index in [-0.39, 0.29) is 0 Å². The molecule has 1 N–H and O–H groups in total. The maximum atomic E-state index is 4.81. The van der Waals surface area contributed by atoms with Crippen LogP contribution in [0.4, 0.5) is 23.3 Å². The van der Waals surface area contributed by atoms with E-state index < -0.39 is 0 Å². The molecule has 1 aliphatic rings. The van der Waals surface area contributed by atoms with Gasteiger partial charge in [0.1, 0.15) is 5.82 Å². The van der Waals surface area contributed by atoms with Crippen LogP contribution in [0.2, 0.25) is 0 Å². The minimum Gasteiger partial charge on any atom is -0.340 e. The lowest BCUT2D eigenvalue weighted by atomic mass is 10.1. The van der Waals surface area contributed by atoms with Crippen LogP contribution in [0, 0.1) is 6.92 Å². The third-order valence-corrected chi connectivity index (χ3v) is 5.25. The Kier molecular flexibility index (Phi) is 6.46. The number of hydrogen-bond acceptors (Lipinski definition) is 7. The van der Waals surface area contributed by atoms with Crippen molar-refractivity contribution in [3.63, 3.8) is 0 Å². The van der Waals surface area contributed by atoms with Crippen molar-refractivity contribution in [3.05, 3.63) is 35.4 Å². The van der Waals surface area contributed by atoms with Gasteiger partial charge in [0.25, 0.3) is 0 Å². The van der Waals surface area contributed by atoms with Gasteiger partial charge in [0, 0.05) is 51.7 Å². The van der Waals surface area contributed by atoms with Gasteiger partial charge in [0.2, 0.25) is 5.95 Å². The number of piperazine rings is 1. The maximum absolute atomic E-state index is 4.81. The number of hydrogen-bond donors (Lipinski definition) is 1. The summed E-state index contributed by atoms with van der Waals surface area (Å²) < 4.78 is 0. The number of aryl methyl sites for hydroxylation is 2. The number of likely N-dealkylation sites (N-methyl/N-ethyl adjacent to an activating group) is 1. The predicted octanol–water partition coefficient (Wildman–Crippen LogP) is 3.28. The molecule has 1 aromatic heterocycles. The first-order valence-electron chi connectivity index (χ1n) is 9.97. The van der Waals surface area contributed by atoms with Crippen molar-refractivity contribution in [1.82, 2.24) is 14.9 Å². The van der Waals surface area contributed by atoms with Gasteiger partial charge in [-0.2, -0.15) is 15.1 Å². The molecular weight excluding hydrogens is 350 g/mol. The van der Waals surface area contributed by atoms with Crippen LogP contribution in [-0.2, 0) is 6.42 Å². The van der Waals surface area contributed by atoms with Crippen LogP contribution in [0.3, 0.4) is 0 Å². The molecule has 1 fully saturated rings. The summed E-state index contributed by atoms with van der Waals surface area (Å²) in [6.07, 6.45) is 0.960. The first-order valence-corrected chi connectivity index (χ1v) is 9.97. The van der Waals surface area contributed by atoms with Crippen LogP contribution in [0.15, 0.2) is 29.4 Å². The van der Waals surface area contributed by atoms with E-state index >= 15 is 0 Å². The number of aromatic nitrogens is 2. The third kappa shape index (κ3) is 4.59. The van der Waals surface area contributed by atoms with Crippen LogP contribution in [0.25, 0.3) is 0 Å². The monoisotopic (exact) mass is 381 g/mol. The molecule has 7 nitrogen and oxygen atoms in total. The van der Waals surface area contributed by atoms with Crippen LogP contribution >= 0.6 is 0 Å². The van der Waals surface area contributed by atoms with Crippen LogP contribution in [0.1, 0.15) is 25.0 Å². The molecule has 7 heteroatoms. The molecule has 0 saturated carbocycles. The summed E-state index contributed by atoms with van der Waals surface area (Å²) in [6.45, 7) is 15.1. The number of anilines is 4. The van der Waals surface area contributed by atoms with Crippen LogP contribution in [-0.4, -0.2) is 61.4 Å². The van der Waals surface area contributed by atoms with Gasteiger partial charge >= 0.3 is 0 Å². The average molecular weight is 382 g/mol. The van der Waals surface area contributed by atoms with E-state index in [4.69, 9.17) is 9.97 Å². The van der Waals surface area contributed by atoms with Crippen molar-refractivity contribution in [2.75, 3.05) is 55.0 Å². The van der Waals surface area contributed by atoms with Gasteiger partial charge in [0.05, 0.1) is 0 Å². The zero-order valence-electron chi connectivity index (χ0n) is 17.4. The van der Waals surface area contributed by atoms with Gasteiger partial charge in [-0.15, -0.1) is 0 Å². The molecule has 28 heavy (non-hydrogen) atoms. The Labute approximate surface area is 168 Å². The highest BCUT2D eigenvalue weighted by Crippen LogP contribution is 2.26. The summed E-state index contributed by atoms with van der Waals surface area (Å²) in [4.78, 5) is 14.2. The molecule has 0 spiro atoms. The highest BCUT2D eigenvalue weighted by atomic mass is 15.5. The molecule has 1 saturated heterocycles. The van der Waals surface area contributed by atoms with Crippen molar-refractivity contribution in [2.45, 2.75) is 27.2 Å². The predicted molar refractivity (Wildman–Crippen MR) is 118 cm³/mol. The summed E-state index contributed by atoms with van der Waals surface area (Å²) >= 11 is 0. The van der Waals surface area contributed by atoms with E-state index in [0.717, 1.165) is 62.4 Å². The third-order valence-electron chi connectivity index (χ3n) is 5.25. The van der Waals surface area contributed by atoms with E-state index in [1.54, 1.807) is 5.01 Å². The van der Waals surface area contributed by atoms with E-state index in [9.17, 15) is 0 Å². The second-order valence-electron chi connectivity index (χ2n) is 7.14. The van der Waals surface area contributed by atoms with Gasteiger partial charge in [-0.25, -0.2) is 0 Å². The van der Waals surface area contributed by atoms with E-state index in [2.05, 4.69) is 65.9 Å². The highest BCUT2D eigenvalue weighted by Gasteiger charge is 2.20. The fourth-order valence-corrected chi connectivity index (χ4v) is 3.40. The van der Waals surface area contributed by atoms with E-state index in [0.29, 0.717) is 0 Å². The second-order valence-corrected chi connectivity index (χ2v) is 7.14. The summed E-state index contributed by atoms with van der Waals surface area (Å²) in [5, 5.41) is 9.17. The van der Waals surface area contributed by atoms with Gasteiger partial charge < -0.3 is 15.1 Å². The number of nitrogens with zero attached hydrogens (tertiary/aromatic N) is 6. The second kappa shape index (κ2) is 9.01. The molecule has 2 heterocycles. The molecule has 150 valence electrons. The minimum absolute atomic E-state index is 0.727. The van der Waals surface area contributed by atoms with Crippen molar-refractivity contribution in [3.8, 4) is 0 Å². The number of rotatable bonds is 7. The first-order chi connectivity index (χ1) is 13.5. The maximum Gasteiger partial charge on any atom is 0.229 e.